The second-order valence-corrected chi connectivity index (χ2v) is 4.17. The maximum absolute atomic E-state index is 13.6. The summed E-state index contributed by atoms with van der Waals surface area (Å²) in [7, 11) is 0. The van der Waals surface area contributed by atoms with E-state index in [0.29, 0.717) is 19.6 Å². The number of aromatic nitrogens is 4. The molecule has 0 amide bonds. The first kappa shape index (κ1) is 14.2. The van der Waals surface area contributed by atoms with Gasteiger partial charge in [-0.05, 0) is 6.42 Å². The van der Waals surface area contributed by atoms with E-state index in [4.69, 9.17) is 0 Å². The van der Waals surface area contributed by atoms with Gasteiger partial charge in [-0.15, -0.1) is 5.10 Å². The average molecular weight is 282 g/mol. The number of halogens is 2. The Labute approximate surface area is 115 Å². The van der Waals surface area contributed by atoms with Crippen LogP contribution in [0.3, 0.4) is 0 Å². The van der Waals surface area contributed by atoms with E-state index in [9.17, 15) is 8.78 Å². The Bertz CT molecular complexity index is 543. The molecular formula is C12H16F2N6. The first-order chi connectivity index (χ1) is 9.70. The third-order valence-electron chi connectivity index (χ3n) is 2.58. The molecule has 0 unspecified atom stereocenters. The molecule has 2 N–H and O–H groups in total. The number of pyridine rings is 1. The SMILES string of the molecule is CCCNc1nc(NCCn2ccnn2)c(F)cc1F. The van der Waals surface area contributed by atoms with Gasteiger partial charge >= 0.3 is 0 Å². The molecule has 8 heteroatoms. The van der Waals surface area contributed by atoms with Crippen LogP contribution in [0, 0.1) is 11.6 Å². The summed E-state index contributed by atoms with van der Waals surface area (Å²) in [6.07, 6.45) is 4.08. The molecule has 0 fully saturated rings. The van der Waals surface area contributed by atoms with Crippen molar-refractivity contribution in [1.82, 2.24) is 20.0 Å². The van der Waals surface area contributed by atoms with Gasteiger partial charge in [0.1, 0.15) is 0 Å². The first-order valence-corrected chi connectivity index (χ1v) is 6.38. The molecule has 0 saturated carbocycles. The summed E-state index contributed by atoms with van der Waals surface area (Å²) >= 11 is 0. The maximum Gasteiger partial charge on any atom is 0.168 e. The van der Waals surface area contributed by atoms with Crippen molar-refractivity contribution in [1.29, 1.82) is 0 Å². The summed E-state index contributed by atoms with van der Waals surface area (Å²) in [5.41, 5.74) is 0. The summed E-state index contributed by atoms with van der Waals surface area (Å²) in [6, 6.07) is 0.822. The molecule has 0 spiro atoms. The van der Waals surface area contributed by atoms with Crippen LogP contribution in [-0.2, 0) is 6.54 Å². The van der Waals surface area contributed by atoms with E-state index in [0.717, 1.165) is 12.5 Å². The van der Waals surface area contributed by atoms with Crippen molar-refractivity contribution in [2.75, 3.05) is 23.7 Å². The van der Waals surface area contributed by atoms with Crippen LogP contribution in [0.1, 0.15) is 13.3 Å². The van der Waals surface area contributed by atoms with E-state index < -0.39 is 11.6 Å². The van der Waals surface area contributed by atoms with Gasteiger partial charge in [-0.1, -0.05) is 12.1 Å². The fourth-order valence-corrected chi connectivity index (χ4v) is 1.60. The number of rotatable bonds is 7. The van der Waals surface area contributed by atoms with E-state index in [1.165, 1.54) is 0 Å². The standard InChI is InChI=1S/C12H16F2N6/c1-2-3-15-11-9(13)8-10(14)12(18-11)16-4-6-20-7-5-17-19-20/h5,7-8H,2-4,6H2,1H3,(H2,15,16,18). The van der Waals surface area contributed by atoms with E-state index in [1.54, 1.807) is 17.1 Å². The van der Waals surface area contributed by atoms with Gasteiger partial charge in [0.25, 0.3) is 0 Å². The van der Waals surface area contributed by atoms with Crippen LogP contribution in [-0.4, -0.2) is 33.1 Å². The molecule has 0 aliphatic carbocycles. The lowest BCUT2D eigenvalue weighted by Crippen LogP contribution is -2.14. The van der Waals surface area contributed by atoms with Gasteiger partial charge in [-0.25, -0.2) is 13.8 Å². The molecule has 6 nitrogen and oxygen atoms in total. The van der Waals surface area contributed by atoms with Crippen LogP contribution in [0.2, 0.25) is 0 Å². The second-order valence-electron chi connectivity index (χ2n) is 4.17. The Kier molecular flexibility index (Phi) is 4.80. The molecule has 2 rings (SSSR count). The van der Waals surface area contributed by atoms with E-state index in [1.807, 2.05) is 6.92 Å². The predicted octanol–water partition coefficient (Wildman–Crippen LogP) is 1.89. The minimum absolute atomic E-state index is 0.0186. The quantitative estimate of drug-likeness (QED) is 0.811. The highest BCUT2D eigenvalue weighted by Crippen LogP contribution is 2.18. The van der Waals surface area contributed by atoms with Gasteiger partial charge in [0.05, 0.1) is 12.7 Å². The highest BCUT2D eigenvalue weighted by atomic mass is 19.1. The smallest absolute Gasteiger partial charge is 0.168 e. The molecule has 0 aliphatic heterocycles. The second kappa shape index (κ2) is 6.78. The van der Waals surface area contributed by atoms with Crippen LogP contribution in [0.5, 0.6) is 0 Å². The summed E-state index contributed by atoms with van der Waals surface area (Å²) < 4.78 is 28.7. The van der Waals surface area contributed by atoms with Crippen molar-refractivity contribution in [2.24, 2.45) is 0 Å². The fourth-order valence-electron chi connectivity index (χ4n) is 1.60. The van der Waals surface area contributed by atoms with Crippen molar-refractivity contribution in [3.8, 4) is 0 Å². The van der Waals surface area contributed by atoms with E-state index in [2.05, 4.69) is 25.9 Å². The van der Waals surface area contributed by atoms with Crippen molar-refractivity contribution in [3.05, 3.63) is 30.1 Å². The zero-order valence-corrected chi connectivity index (χ0v) is 11.1. The topological polar surface area (TPSA) is 67.7 Å². The van der Waals surface area contributed by atoms with Crippen LogP contribution in [0.25, 0.3) is 0 Å². The van der Waals surface area contributed by atoms with E-state index in [-0.39, 0.29) is 11.6 Å². The normalized spacial score (nSPS) is 10.6. The highest BCUT2D eigenvalue weighted by molar-refractivity contribution is 5.47. The average Bonchev–Trinajstić information content (AvgIpc) is 2.93. The summed E-state index contributed by atoms with van der Waals surface area (Å²) in [5.74, 6) is -1.34. The summed E-state index contributed by atoms with van der Waals surface area (Å²) in [4.78, 5) is 3.91. The van der Waals surface area contributed by atoms with Crippen molar-refractivity contribution < 1.29 is 8.78 Å². The van der Waals surface area contributed by atoms with Crippen LogP contribution in [0.15, 0.2) is 18.5 Å². The lowest BCUT2D eigenvalue weighted by Gasteiger charge is -2.10. The van der Waals surface area contributed by atoms with Gasteiger partial charge in [-0.3, -0.25) is 4.68 Å². The molecule has 0 aliphatic rings. The molecule has 108 valence electrons. The largest absolute Gasteiger partial charge is 0.368 e. The Balaban J connectivity index is 1.99. The van der Waals surface area contributed by atoms with Crippen LogP contribution in [0.4, 0.5) is 20.4 Å². The van der Waals surface area contributed by atoms with Gasteiger partial charge in [0, 0.05) is 25.4 Å². The zero-order chi connectivity index (χ0) is 14.4. The zero-order valence-electron chi connectivity index (χ0n) is 11.1. The third-order valence-corrected chi connectivity index (χ3v) is 2.58. The minimum Gasteiger partial charge on any atom is -0.368 e. The molecule has 0 radical (unpaired) electrons. The van der Waals surface area contributed by atoms with Crippen LogP contribution < -0.4 is 10.6 Å². The van der Waals surface area contributed by atoms with Crippen molar-refractivity contribution in [3.63, 3.8) is 0 Å². The molecule has 2 heterocycles. The summed E-state index contributed by atoms with van der Waals surface area (Å²) in [5, 5.41) is 13.1. The molecule has 2 aromatic rings. The molecule has 0 bridgehead atoms. The van der Waals surface area contributed by atoms with Crippen LogP contribution >= 0.6 is 0 Å². The lowest BCUT2D eigenvalue weighted by molar-refractivity contribution is 0.573. The number of hydrogen-bond acceptors (Lipinski definition) is 5. The minimum atomic E-state index is -0.719. The third kappa shape index (κ3) is 3.62. The first-order valence-electron chi connectivity index (χ1n) is 6.38. The Morgan fingerprint density at radius 1 is 1.15 bits per heavy atom. The lowest BCUT2D eigenvalue weighted by atomic mass is 10.3. The Hall–Kier alpha value is -2.25. The fraction of sp³-hybridized carbons (Fsp3) is 0.417. The number of hydrogen-bond donors (Lipinski definition) is 2. The van der Waals surface area contributed by atoms with Crippen molar-refractivity contribution in [2.45, 2.75) is 19.9 Å². The number of nitrogens with one attached hydrogen (secondary N) is 2. The molecule has 0 saturated heterocycles. The van der Waals surface area contributed by atoms with E-state index >= 15 is 0 Å². The molecular weight excluding hydrogens is 266 g/mol. The van der Waals surface area contributed by atoms with Crippen molar-refractivity contribution >= 4 is 11.6 Å². The molecule has 20 heavy (non-hydrogen) atoms. The molecule has 0 atom stereocenters. The van der Waals surface area contributed by atoms with Gasteiger partial charge in [0.2, 0.25) is 0 Å². The van der Waals surface area contributed by atoms with Gasteiger partial charge in [0.15, 0.2) is 23.3 Å². The molecule has 0 aromatic carbocycles. The predicted molar refractivity (Wildman–Crippen MR) is 71.4 cm³/mol. The highest BCUT2D eigenvalue weighted by Gasteiger charge is 2.11. The summed E-state index contributed by atoms with van der Waals surface area (Å²) in [6.45, 7) is 3.45. The van der Waals surface area contributed by atoms with Gasteiger partial charge < -0.3 is 10.6 Å². The Morgan fingerprint density at radius 3 is 2.45 bits per heavy atom. The monoisotopic (exact) mass is 282 g/mol. The number of anilines is 2. The molecule has 2 aromatic heterocycles. The maximum atomic E-state index is 13.6. The van der Waals surface area contributed by atoms with Gasteiger partial charge in [-0.2, -0.15) is 0 Å². The number of nitrogens with zero attached hydrogens (tertiary/aromatic N) is 4. The Morgan fingerprint density at radius 2 is 1.85 bits per heavy atom.